The van der Waals surface area contributed by atoms with Gasteiger partial charge in [0.1, 0.15) is 0 Å². The van der Waals surface area contributed by atoms with Crippen molar-refractivity contribution >= 4 is 0 Å². The summed E-state index contributed by atoms with van der Waals surface area (Å²) in [6, 6.07) is 17.7. The molecular weight excluding hydrogens is 216 g/mol. The Morgan fingerprint density at radius 3 is 2.17 bits per heavy atom. The van der Waals surface area contributed by atoms with Gasteiger partial charge in [0.2, 0.25) is 0 Å². The van der Waals surface area contributed by atoms with Gasteiger partial charge in [-0.25, -0.2) is 0 Å². The molecule has 3 rings (SSSR count). The highest BCUT2D eigenvalue weighted by atomic mass is 14.2. The number of benzene rings is 2. The zero-order valence-electron chi connectivity index (χ0n) is 11.0. The first-order valence-corrected chi connectivity index (χ1v) is 6.94. The third-order valence-electron chi connectivity index (χ3n) is 4.22. The Labute approximate surface area is 110 Å². The van der Waals surface area contributed by atoms with Crippen molar-refractivity contribution in [2.45, 2.75) is 32.6 Å². The monoisotopic (exact) mass is 236 g/mol. The molecule has 0 heterocycles. The summed E-state index contributed by atoms with van der Waals surface area (Å²) in [5.74, 6) is 0.849. The summed E-state index contributed by atoms with van der Waals surface area (Å²) in [6.45, 7) is 2.22. The zero-order chi connectivity index (χ0) is 12.4. The molecule has 0 fully saturated rings. The first-order valence-electron chi connectivity index (χ1n) is 6.94. The van der Waals surface area contributed by atoms with Gasteiger partial charge in [0.15, 0.2) is 0 Å². The maximum absolute atomic E-state index is 2.29. The molecule has 0 saturated carbocycles. The molecule has 92 valence electrons. The van der Waals surface area contributed by atoms with Gasteiger partial charge in [-0.1, -0.05) is 48.5 Å². The summed E-state index contributed by atoms with van der Waals surface area (Å²) in [6.07, 6.45) is 5.11. The highest BCUT2D eigenvalue weighted by Crippen LogP contribution is 2.29. The lowest BCUT2D eigenvalue weighted by atomic mass is 9.95. The number of hydrogen-bond acceptors (Lipinski definition) is 0. The quantitative estimate of drug-likeness (QED) is 0.743. The predicted octanol–water partition coefficient (Wildman–Crippen LogP) is 4.34. The summed E-state index contributed by atoms with van der Waals surface area (Å²) in [7, 11) is 0. The SMILES string of the molecule is Cc1ccccc1CCC1Cc2ccccc2C1. The Morgan fingerprint density at radius 2 is 1.50 bits per heavy atom. The summed E-state index contributed by atoms with van der Waals surface area (Å²) < 4.78 is 0. The molecule has 0 aromatic heterocycles. The van der Waals surface area contributed by atoms with Crippen LogP contribution in [0.25, 0.3) is 0 Å². The van der Waals surface area contributed by atoms with E-state index in [9.17, 15) is 0 Å². The van der Waals surface area contributed by atoms with Crippen molar-refractivity contribution in [1.29, 1.82) is 0 Å². The molecule has 0 nitrogen and oxygen atoms in total. The van der Waals surface area contributed by atoms with Gasteiger partial charge in [0.25, 0.3) is 0 Å². The van der Waals surface area contributed by atoms with E-state index in [-0.39, 0.29) is 0 Å². The summed E-state index contributed by atoms with van der Waals surface area (Å²) in [5, 5.41) is 0. The van der Waals surface area contributed by atoms with Crippen LogP contribution in [0.2, 0.25) is 0 Å². The van der Waals surface area contributed by atoms with Crippen LogP contribution < -0.4 is 0 Å². The lowest BCUT2D eigenvalue weighted by Gasteiger charge is -2.10. The molecule has 0 N–H and O–H groups in total. The summed E-state index contributed by atoms with van der Waals surface area (Å²) >= 11 is 0. The molecule has 2 aromatic carbocycles. The Kier molecular flexibility index (Phi) is 3.19. The normalized spacial score (nSPS) is 14.7. The van der Waals surface area contributed by atoms with E-state index in [1.807, 2.05) is 0 Å². The van der Waals surface area contributed by atoms with Crippen LogP contribution in [0.5, 0.6) is 0 Å². The molecule has 2 aromatic rings. The fourth-order valence-corrected chi connectivity index (χ4v) is 3.10. The van der Waals surface area contributed by atoms with E-state index in [1.54, 1.807) is 11.1 Å². The minimum absolute atomic E-state index is 0.849. The first-order chi connectivity index (χ1) is 8.83. The van der Waals surface area contributed by atoms with E-state index in [2.05, 4.69) is 55.5 Å². The molecule has 1 aliphatic carbocycles. The molecule has 18 heavy (non-hydrogen) atoms. The van der Waals surface area contributed by atoms with Crippen LogP contribution in [0.3, 0.4) is 0 Å². The Bertz CT molecular complexity index is 514. The number of hydrogen-bond donors (Lipinski definition) is 0. The molecule has 0 amide bonds. The smallest absolute Gasteiger partial charge is 0.0244 e. The van der Waals surface area contributed by atoms with Crippen LogP contribution in [-0.4, -0.2) is 0 Å². The minimum atomic E-state index is 0.849. The van der Waals surface area contributed by atoms with Crippen LogP contribution in [0.1, 0.15) is 28.7 Å². The fourth-order valence-electron chi connectivity index (χ4n) is 3.10. The molecule has 0 bridgehead atoms. The van der Waals surface area contributed by atoms with Gasteiger partial charge in [0.05, 0.1) is 0 Å². The second-order valence-corrected chi connectivity index (χ2v) is 5.51. The second kappa shape index (κ2) is 4.97. The van der Waals surface area contributed by atoms with Crippen molar-refractivity contribution in [1.82, 2.24) is 0 Å². The van der Waals surface area contributed by atoms with Gasteiger partial charge in [-0.15, -0.1) is 0 Å². The van der Waals surface area contributed by atoms with Crippen molar-refractivity contribution in [2.24, 2.45) is 5.92 Å². The molecule has 0 radical (unpaired) electrons. The van der Waals surface area contributed by atoms with Crippen molar-refractivity contribution in [3.8, 4) is 0 Å². The summed E-state index contributed by atoms with van der Waals surface area (Å²) in [4.78, 5) is 0. The molecule has 0 saturated heterocycles. The standard InChI is InChI=1S/C18H20/c1-14-6-2-3-7-16(14)11-10-15-12-17-8-4-5-9-18(17)13-15/h2-9,15H,10-13H2,1H3. The van der Waals surface area contributed by atoms with Crippen molar-refractivity contribution in [3.63, 3.8) is 0 Å². The Balaban J connectivity index is 1.62. The van der Waals surface area contributed by atoms with Gasteiger partial charge >= 0.3 is 0 Å². The molecule has 0 aliphatic heterocycles. The minimum Gasteiger partial charge on any atom is -0.0620 e. The van der Waals surface area contributed by atoms with Crippen LogP contribution in [0.4, 0.5) is 0 Å². The lowest BCUT2D eigenvalue weighted by Crippen LogP contribution is -2.02. The zero-order valence-corrected chi connectivity index (χ0v) is 11.0. The first kappa shape index (κ1) is 11.5. The number of fused-ring (bicyclic) bond motifs is 1. The number of rotatable bonds is 3. The van der Waals surface area contributed by atoms with Gasteiger partial charge in [-0.2, -0.15) is 0 Å². The highest BCUT2D eigenvalue weighted by Gasteiger charge is 2.20. The van der Waals surface area contributed by atoms with E-state index in [0.29, 0.717) is 0 Å². The van der Waals surface area contributed by atoms with Gasteiger partial charge in [0, 0.05) is 0 Å². The second-order valence-electron chi connectivity index (χ2n) is 5.51. The fraction of sp³-hybridized carbons (Fsp3) is 0.333. The average Bonchev–Trinajstić information content (AvgIpc) is 2.80. The molecule has 0 heteroatoms. The maximum atomic E-state index is 2.29. The number of aryl methyl sites for hydroxylation is 2. The molecular formula is C18H20. The summed E-state index contributed by atoms with van der Waals surface area (Å²) in [5.41, 5.74) is 6.11. The lowest BCUT2D eigenvalue weighted by molar-refractivity contribution is 0.514. The Hall–Kier alpha value is -1.56. The van der Waals surface area contributed by atoms with E-state index in [4.69, 9.17) is 0 Å². The van der Waals surface area contributed by atoms with E-state index in [0.717, 1.165) is 5.92 Å². The largest absolute Gasteiger partial charge is 0.0620 e. The van der Waals surface area contributed by atoms with Gasteiger partial charge in [-0.3, -0.25) is 0 Å². The van der Waals surface area contributed by atoms with E-state index < -0.39 is 0 Å². The third-order valence-corrected chi connectivity index (χ3v) is 4.22. The predicted molar refractivity (Wildman–Crippen MR) is 76.8 cm³/mol. The van der Waals surface area contributed by atoms with Gasteiger partial charge in [-0.05, 0) is 60.8 Å². The molecule has 1 aliphatic rings. The van der Waals surface area contributed by atoms with Crippen molar-refractivity contribution in [2.75, 3.05) is 0 Å². The van der Waals surface area contributed by atoms with Gasteiger partial charge < -0.3 is 0 Å². The molecule has 0 unspecified atom stereocenters. The van der Waals surface area contributed by atoms with Crippen LogP contribution >= 0.6 is 0 Å². The van der Waals surface area contributed by atoms with E-state index >= 15 is 0 Å². The Morgan fingerprint density at radius 1 is 0.889 bits per heavy atom. The maximum Gasteiger partial charge on any atom is -0.0244 e. The third kappa shape index (κ3) is 2.33. The van der Waals surface area contributed by atoms with Crippen molar-refractivity contribution in [3.05, 3.63) is 70.8 Å². The van der Waals surface area contributed by atoms with Crippen LogP contribution in [-0.2, 0) is 19.3 Å². The van der Waals surface area contributed by atoms with Crippen LogP contribution in [0.15, 0.2) is 48.5 Å². The molecule has 0 spiro atoms. The van der Waals surface area contributed by atoms with E-state index in [1.165, 1.54) is 36.8 Å². The highest BCUT2D eigenvalue weighted by molar-refractivity contribution is 5.32. The molecule has 0 atom stereocenters. The average molecular weight is 236 g/mol. The van der Waals surface area contributed by atoms with Crippen molar-refractivity contribution < 1.29 is 0 Å². The topological polar surface area (TPSA) is 0 Å². The van der Waals surface area contributed by atoms with Crippen LogP contribution in [0, 0.1) is 12.8 Å².